The molecule has 1 aromatic rings. The van der Waals surface area contributed by atoms with Crippen LogP contribution in [-0.4, -0.2) is 32.4 Å². The van der Waals surface area contributed by atoms with Crippen molar-refractivity contribution in [3.8, 4) is 5.75 Å². The number of rotatable bonds is 5. The van der Waals surface area contributed by atoms with Gasteiger partial charge in [0.15, 0.2) is 5.78 Å². The van der Waals surface area contributed by atoms with Crippen LogP contribution in [0.1, 0.15) is 19.4 Å². The Hall–Kier alpha value is -1.65. The first-order valence-corrected chi connectivity index (χ1v) is 6.75. The van der Waals surface area contributed by atoms with Crippen molar-refractivity contribution in [2.45, 2.75) is 13.8 Å². The van der Waals surface area contributed by atoms with Gasteiger partial charge in [0.25, 0.3) is 0 Å². The summed E-state index contributed by atoms with van der Waals surface area (Å²) in [6, 6.07) is 7.63. The highest BCUT2D eigenvalue weighted by molar-refractivity contribution is 5.98. The second-order valence-electron chi connectivity index (χ2n) is 5.08. The minimum Gasteiger partial charge on any atom is -0.494 e. The second-order valence-corrected chi connectivity index (χ2v) is 5.08. The van der Waals surface area contributed by atoms with Crippen LogP contribution >= 0.6 is 0 Å². The highest BCUT2D eigenvalue weighted by Crippen LogP contribution is 2.23. The molecule has 0 unspecified atom stereocenters. The van der Waals surface area contributed by atoms with Gasteiger partial charge in [-0.05, 0) is 37.6 Å². The molecule has 0 atom stereocenters. The molecule has 0 saturated carbocycles. The van der Waals surface area contributed by atoms with Crippen LogP contribution in [0.25, 0.3) is 6.08 Å². The van der Waals surface area contributed by atoms with Crippen LogP contribution in [0.5, 0.6) is 5.75 Å². The van der Waals surface area contributed by atoms with Crippen LogP contribution in [0.15, 0.2) is 30.3 Å². The molecule has 0 aromatic heterocycles. The lowest BCUT2D eigenvalue weighted by Gasteiger charge is -2.30. The molecule has 0 amide bonds. The van der Waals surface area contributed by atoms with Crippen LogP contribution in [0.4, 0.5) is 0 Å². The third kappa shape index (κ3) is 3.68. The van der Waals surface area contributed by atoms with Crippen LogP contribution in [-0.2, 0) is 14.3 Å². The molecule has 4 nitrogen and oxygen atoms in total. The molecule has 0 bridgehead atoms. The third-order valence-electron chi connectivity index (χ3n) is 3.22. The summed E-state index contributed by atoms with van der Waals surface area (Å²) in [6.07, 6.45) is 3.39. The molecule has 1 fully saturated rings. The van der Waals surface area contributed by atoms with Gasteiger partial charge in [0.1, 0.15) is 12.5 Å². The van der Waals surface area contributed by atoms with Crippen molar-refractivity contribution < 1.29 is 19.0 Å². The number of ketones is 1. The first-order chi connectivity index (χ1) is 9.64. The van der Waals surface area contributed by atoms with E-state index in [0.29, 0.717) is 19.8 Å². The quantitative estimate of drug-likeness (QED) is 0.776. The third-order valence-corrected chi connectivity index (χ3v) is 3.22. The first-order valence-electron chi connectivity index (χ1n) is 6.75. The van der Waals surface area contributed by atoms with E-state index in [2.05, 4.69) is 0 Å². The van der Waals surface area contributed by atoms with Crippen LogP contribution < -0.4 is 4.74 Å². The lowest BCUT2D eigenvalue weighted by Crippen LogP contribution is -2.40. The Morgan fingerprint density at radius 3 is 2.55 bits per heavy atom. The van der Waals surface area contributed by atoms with Crippen molar-refractivity contribution in [1.82, 2.24) is 0 Å². The lowest BCUT2D eigenvalue weighted by atomic mass is 9.86. The Bertz CT molecular complexity index is 470. The van der Waals surface area contributed by atoms with Gasteiger partial charge in [0.05, 0.1) is 25.2 Å². The van der Waals surface area contributed by atoms with E-state index in [4.69, 9.17) is 14.2 Å². The number of carbonyl (C=O) groups excluding carboxylic acids is 1. The molecule has 20 heavy (non-hydrogen) atoms. The van der Waals surface area contributed by atoms with Gasteiger partial charge in [0.2, 0.25) is 0 Å². The molecular weight excluding hydrogens is 256 g/mol. The van der Waals surface area contributed by atoms with Crippen LogP contribution in [0.3, 0.4) is 0 Å². The van der Waals surface area contributed by atoms with Gasteiger partial charge in [0, 0.05) is 0 Å². The summed E-state index contributed by atoms with van der Waals surface area (Å²) in [6.45, 7) is 5.52. The van der Waals surface area contributed by atoms with E-state index >= 15 is 0 Å². The molecule has 1 aliphatic rings. The molecular formula is C16H20O4. The van der Waals surface area contributed by atoms with Gasteiger partial charge < -0.3 is 14.2 Å². The van der Waals surface area contributed by atoms with Gasteiger partial charge in [-0.1, -0.05) is 18.2 Å². The fourth-order valence-electron chi connectivity index (χ4n) is 1.99. The molecule has 1 aliphatic heterocycles. The molecule has 1 aromatic carbocycles. The zero-order valence-corrected chi connectivity index (χ0v) is 11.9. The summed E-state index contributed by atoms with van der Waals surface area (Å²) < 4.78 is 15.8. The molecule has 4 heteroatoms. The summed E-state index contributed by atoms with van der Waals surface area (Å²) in [5.41, 5.74) is 0.378. The average molecular weight is 276 g/mol. The maximum absolute atomic E-state index is 12.2. The average Bonchev–Trinajstić information content (AvgIpc) is 2.47. The molecule has 0 spiro atoms. The number of ether oxygens (including phenoxy) is 3. The highest BCUT2D eigenvalue weighted by atomic mass is 16.7. The summed E-state index contributed by atoms with van der Waals surface area (Å²) in [4.78, 5) is 12.2. The summed E-state index contributed by atoms with van der Waals surface area (Å²) in [5, 5.41) is 0. The van der Waals surface area contributed by atoms with Crippen LogP contribution in [0, 0.1) is 5.41 Å². The molecule has 108 valence electrons. The molecule has 2 rings (SSSR count). The van der Waals surface area contributed by atoms with E-state index in [1.807, 2.05) is 38.1 Å². The largest absolute Gasteiger partial charge is 0.494 e. The normalized spacial score (nSPS) is 18.1. The molecule has 0 N–H and O–H groups in total. The van der Waals surface area contributed by atoms with E-state index in [9.17, 15) is 4.79 Å². The monoisotopic (exact) mass is 276 g/mol. The van der Waals surface area contributed by atoms with Crippen molar-refractivity contribution >= 4 is 11.9 Å². The van der Waals surface area contributed by atoms with E-state index in [-0.39, 0.29) is 12.6 Å². The summed E-state index contributed by atoms with van der Waals surface area (Å²) >= 11 is 0. The fraction of sp³-hybridized carbons (Fsp3) is 0.438. The Labute approximate surface area is 119 Å². The van der Waals surface area contributed by atoms with Gasteiger partial charge in [-0.3, -0.25) is 4.79 Å². The Kier molecular flexibility index (Phi) is 4.93. The highest BCUT2D eigenvalue weighted by Gasteiger charge is 2.34. The van der Waals surface area contributed by atoms with Gasteiger partial charge >= 0.3 is 0 Å². The smallest absolute Gasteiger partial charge is 0.166 e. The molecule has 1 heterocycles. The van der Waals surface area contributed by atoms with Crippen molar-refractivity contribution in [3.63, 3.8) is 0 Å². The van der Waals surface area contributed by atoms with Gasteiger partial charge in [-0.15, -0.1) is 0 Å². The zero-order chi connectivity index (χ0) is 14.4. The number of benzene rings is 1. The van der Waals surface area contributed by atoms with Crippen molar-refractivity contribution in [3.05, 3.63) is 35.9 Å². The lowest BCUT2D eigenvalue weighted by molar-refractivity contribution is -0.168. The van der Waals surface area contributed by atoms with E-state index in [1.165, 1.54) is 0 Å². The number of hydrogen-bond acceptors (Lipinski definition) is 4. The van der Waals surface area contributed by atoms with E-state index in [0.717, 1.165) is 11.3 Å². The molecule has 0 aliphatic carbocycles. The fourth-order valence-corrected chi connectivity index (χ4v) is 1.99. The van der Waals surface area contributed by atoms with Gasteiger partial charge in [-0.2, -0.15) is 0 Å². The number of allylic oxidation sites excluding steroid dienone is 1. The van der Waals surface area contributed by atoms with Crippen LogP contribution in [0.2, 0.25) is 0 Å². The minimum atomic E-state index is -0.583. The van der Waals surface area contributed by atoms with Crippen molar-refractivity contribution in [1.29, 1.82) is 0 Å². The summed E-state index contributed by atoms with van der Waals surface area (Å²) in [7, 11) is 0. The maximum atomic E-state index is 12.2. The van der Waals surface area contributed by atoms with E-state index in [1.54, 1.807) is 12.2 Å². The SMILES string of the molecule is CCOc1ccc(C=CC(=O)C2(C)COCOC2)cc1. The predicted molar refractivity (Wildman–Crippen MR) is 76.5 cm³/mol. The Morgan fingerprint density at radius 2 is 1.95 bits per heavy atom. The standard InChI is InChI=1S/C16H20O4/c1-3-20-14-7-4-13(5-8-14)6-9-15(17)16(2)10-18-12-19-11-16/h4-9H,3,10-12H2,1-2H3. The molecule has 0 radical (unpaired) electrons. The minimum absolute atomic E-state index is 0.0195. The Balaban J connectivity index is 1.99. The van der Waals surface area contributed by atoms with Crippen molar-refractivity contribution in [2.75, 3.05) is 26.6 Å². The van der Waals surface area contributed by atoms with Gasteiger partial charge in [-0.25, -0.2) is 0 Å². The molecule has 1 saturated heterocycles. The summed E-state index contributed by atoms with van der Waals surface area (Å²) in [5.74, 6) is 0.850. The number of hydrogen-bond donors (Lipinski definition) is 0. The topological polar surface area (TPSA) is 44.8 Å². The number of carbonyl (C=O) groups is 1. The first kappa shape index (κ1) is 14.8. The predicted octanol–water partition coefficient (Wildman–Crippen LogP) is 2.68. The zero-order valence-electron chi connectivity index (χ0n) is 11.9. The maximum Gasteiger partial charge on any atom is 0.166 e. The second kappa shape index (κ2) is 6.68. The Morgan fingerprint density at radius 1 is 1.30 bits per heavy atom. The van der Waals surface area contributed by atoms with Crippen molar-refractivity contribution in [2.24, 2.45) is 5.41 Å². The van der Waals surface area contributed by atoms with E-state index < -0.39 is 5.41 Å².